The van der Waals surface area contributed by atoms with Crippen molar-refractivity contribution in [3.05, 3.63) is 19.9 Å². The van der Waals surface area contributed by atoms with Gasteiger partial charge in [-0.3, -0.25) is 0 Å². The zero-order chi connectivity index (χ0) is 12.8. The van der Waals surface area contributed by atoms with E-state index >= 15 is 0 Å². The smallest absolute Gasteiger partial charge is 0.147 e. The van der Waals surface area contributed by atoms with Crippen LogP contribution in [-0.2, 0) is 23.2 Å². The largest absolute Gasteiger partial charge is 0.147 e. The van der Waals surface area contributed by atoms with E-state index in [4.69, 9.17) is 0 Å². The summed E-state index contributed by atoms with van der Waals surface area (Å²) in [5.41, 5.74) is 3.72. The van der Waals surface area contributed by atoms with Gasteiger partial charge in [0.1, 0.15) is 0 Å². The second kappa shape index (κ2) is 8.33. The number of allylic oxidation sites excluding steroid dienone is 4. The molecule has 0 spiro atoms. The van der Waals surface area contributed by atoms with E-state index in [9.17, 15) is 0 Å². The molecule has 0 radical (unpaired) electrons. The second-order valence-corrected chi connectivity index (χ2v) is 32.1. The Hall–Kier alpha value is 3.18. The van der Waals surface area contributed by atoms with Crippen LogP contribution in [0.25, 0.3) is 0 Å². The van der Waals surface area contributed by atoms with Crippen molar-refractivity contribution in [2.45, 2.75) is 45.4 Å². The summed E-state index contributed by atoms with van der Waals surface area (Å²) in [6.07, 6.45) is 0. The maximum absolute atomic E-state index is 2.66. The molecule has 2 unspecified atom stereocenters. The van der Waals surface area contributed by atoms with Gasteiger partial charge in [-0.15, -0.1) is 24.8 Å². The maximum atomic E-state index is 2.66. The standard InChI is InChI=1S/2C6H9As2.2ClH.Zr/c2*1-4-5(2)7-8-6(4)3;;;/h2*1-3H3;2*1H;. The van der Waals surface area contributed by atoms with Crippen LogP contribution in [0.2, 0.25) is 3.82 Å². The predicted molar refractivity (Wildman–Crippen MR) is 91.0 cm³/mol. The fraction of sp³-hybridized carbons (Fsp3) is 0.667. The summed E-state index contributed by atoms with van der Waals surface area (Å²) in [6.45, 7) is 15.1. The van der Waals surface area contributed by atoms with E-state index in [2.05, 4.69) is 41.5 Å². The van der Waals surface area contributed by atoms with E-state index < -0.39 is 0 Å². The molecule has 7 heteroatoms. The Labute approximate surface area is 163 Å². The SMILES string of the molecule is CC1=C(C)[C](C)([Zr][C]2(C)[As]=[As]C(C)=C2C)[As]=[As]1.Cl.Cl. The van der Waals surface area contributed by atoms with E-state index in [0.29, 0.717) is 52.6 Å². The average Bonchev–Trinajstić information content (AvgIpc) is 2.66. The van der Waals surface area contributed by atoms with Crippen molar-refractivity contribution in [3.8, 4) is 0 Å². The molecule has 2 aliphatic rings. The van der Waals surface area contributed by atoms with E-state index in [1.807, 2.05) is 19.9 Å². The third-order valence-corrected chi connectivity index (χ3v) is 47.7. The van der Waals surface area contributed by atoms with Crippen molar-refractivity contribution in [1.29, 1.82) is 0 Å². The van der Waals surface area contributed by atoms with Gasteiger partial charge in [0.05, 0.1) is 0 Å². The van der Waals surface area contributed by atoms with Gasteiger partial charge in [-0.25, -0.2) is 0 Å². The van der Waals surface area contributed by atoms with Crippen molar-refractivity contribution < 1.29 is 23.2 Å². The third kappa shape index (κ3) is 4.59. The van der Waals surface area contributed by atoms with Gasteiger partial charge < -0.3 is 0 Å². The quantitative estimate of drug-likeness (QED) is 0.413. The molecule has 19 heavy (non-hydrogen) atoms. The monoisotopic (exact) mass is 624 g/mol. The Balaban J connectivity index is 0.00000162. The molecule has 2 heterocycles. The minimum absolute atomic E-state index is 0. The maximum Gasteiger partial charge on any atom is -0.147 e. The molecule has 0 aromatic heterocycles. The van der Waals surface area contributed by atoms with Gasteiger partial charge in [0, 0.05) is 0 Å². The van der Waals surface area contributed by atoms with Crippen LogP contribution >= 0.6 is 24.8 Å². The molecule has 0 saturated carbocycles. The molecule has 0 aromatic rings. The van der Waals surface area contributed by atoms with Crippen LogP contribution in [0, 0.1) is 0 Å². The van der Waals surface area contributed by atoms with Gasteiger partial charge >= 0.3 is 141 Å². The minimum atomic E-state index is -0.299. The average molecular weight is 626 g/mol. The topological polar surface area (TPSA) is 0 Å². The van der Waals surface area contributed by atoms with Gasteiger partial charge in [0.15, 0.2) is 0 Å². The number of rotatable bonds is 2. The molecule has 0 fully saturated rings. The number of halogens is 2. The van der Waals surface area contributed by atoms with Crippen molar-refractivity contribution >= 4 is 77.4 Å². The molecule has 0 aliphatic carbocycles. The zero-order valence-corrected chi connectivity index (χ0v) is 23.7. The number of hydrogen-bond donors (Lipinski definition) is 0. The van der Waals surface area contributed by atoms with Gasteiger partial charge in [-0.05, 0) is 0 Å². The first-order valence-electron chi connectivity index (χ1n) is 5.79. The first-order chi connectivity index (χ1) is 7.78. The molecule has 2 atom stereocenters. The van der Waals surface area contributed by atoms with Crippen molar-refractivity contribution in [1.82, 2.24) is 0 Å². The van der Waals surface area contributed by atoms with Crippen LogP contribution < -0.4 is 0 Å². The fourth-order valence-corrected chi connectivity index (χ4v) is 49.3. The van der Waals surface area contributed by atoms with Gasteiger partial charge in [-0.1, -0.05) is 0 Å². The molecule has 106 valence electrons. The van der Waals surface area contributed by atoms with Crippen LogP contribution in [0.15, 0.2) is 19.9 Å². The van der Waals surface area contributed by atoms with Gasteiger partial charge in [-0.2, -0.15) is 0 Å². The summed E-state index contributed by atoms with van der Waals surface area (Å²) < 4.78 is 5.30. The van der Waals surface area contributed by atoms with E-state index in [0.717, 1.165) is 3.82 Å². The van der Waals surface area contributed by atoms with Gasteiger partial charge in [0.2, 0.25) is 0 Å². The molecular formula is C12H20As4Cl2Zr. The van der Waals surface area contributed by atoms with Crippen molar-refractivity contribution in [2.24, 2.45) is 0 Å². The number of hydrogen-bond acceptors (Lipinski definition) is 0. The Kier molecular flexibility index (Phi) is 9.72. The second-order valence-electron chi connectivity index (χ2n) is 5.09. The van der Waals surface area contributed by atoms with Gasteiger partial charge in [0.25, 0.3) is 0 Å². The molecule has 0 bridgehead atoms. The van der Waals surface area contributed by atoms with Crippen LogP contribution in [0.3, 0.4) is 0 Å². The minimum Gasteiger partial charge on any atom is -0.147 e. The molecule has 0 nitrogen and oxygen atoms in total. The van der Waals surface area contributed by atoms with Crippen LogP contribution in [0.5, 0.6) is 0 Å². The summed E-state index contributed by atoms with van der Waals surface area (Å²) in [5.74, 6) is 0. The summed E-state index contributed by atoms with van der Waals surface area (Å²) >= 11 is 2.34. The summed E-state index contributed by atoms with van der Waals surface area (Å²) in [5, 5.41) is 0. The molecule has 0 N–H and O–H groups in total. The summed E-state index contributed by atoms with van der Waals surface area (Å²) in [6, 6.07) is 0. The normalized spacial score (nSPS) is 35.9. The van der Waals surface area contributed by atoms with Crippen LogP contribution in [0.4, 0.5) is 0 Å². The van der Waals surface area contributed by atoms with Crippen molar-refractivity contribution in [2.75, 3.05) is 0 Å². The Morgan fingerprint density at radius 3 is 1.26 bits per heavy atom. The molecular weight excluding hydrogens is 606 g/mol. The molecule has 2 rings (SSSR count). The van der Waals surface area contributed by atoms with E-state index in [1.165, 1.54) is 0 Å². The van der Waals surface area contributed by atoms with E-state index in [-0.39, 0.29) is 48.0 Å². The van der Waals surface area contributed by atoms with Crippen LogP contribution in [-0.4, -0.2) is 52.6 Å². The summed E-state index contributed by atoms with van der Waals surface area (Å²) in [7, 11) is 0. The Bertz CT molecular complexity index is 454. The third-order valence-electron chi connectivity index (χ3n) is 3.83. The molecule has 0 amide bonds. The molecule has 0 aromatic carbocycles. The van der Waals surface area contributed by atoms with Crippen molar-refractivity contribution in [3.63, 3.8) is 0 Å². The first-order valence-corrected chi connectivity index (χ1v) is 22.4. The zero-order valence-electron chi connectivity index (χ0n) is 12.1. The predicted octanol–water partition coefficient (Wildman–Crippen LogP) is 3.45. The molecule has 0 saturated heterocycles. The van der Waals surface area contributed by atoms with Crippen LogP contribution in [0.1, 0.15) is 41.5 Å². The Morgan fingerprint density at radius 2 is 1.05 bits per heavy atom. The summed E-state index contributed by atoms with van der Waals surface area (Å²) in [4.78, 5) is 0. The molecule has 2 aliphatic heterocycles. The first kappa shape index (κ1) is 22.2. The Morgan fingerprint density at radius 1 is 0.737 bits per heavy atom. The fourth-order valence-electron chi connectivity index (χ4n) is 2.07. The van der Waals surface area contributed by atoms with E-state index in [1.54, 1.807) is 0 Å².